The monoisotopic (exact) mass is 442 g/mol. The van der Waals surface area contributed by atoms with Crippen LogP contribution in [0.15, 0.2) is 86.5 Å². The Morgan fingerprint density at radius 3 is 1.17 bits per heavy atom. The van der Waals surface area contributed by atoms with Gasteiger partial charge in [0, 0.05) is 24.3 Å². The lowest BCUT2D eigenvalue weighted by Gasteiger charge is -1.98. The maximum absolute atomic E-state index is 9.60. The molecule has 8 nitrogen and oxygen atoms in total. The number of rotatable bonds is 8. The number of nitrogens with zero attached hydrogens (tertiary/aromatic N) is 2. The maximum atomic E-state index is 9.60. The van der Waals surface area contributed by atoms with Crippen LogP contribution in [0.4, 0.5) is 0 Å². The van der Waals surface area contributed by atoms with Crippen LogP contribution >= 0.6 is 0 Å². The summed E-state index contributed by atoms with van der Waals surface area (Å²) >= 11 is 0. The molecule has 0 unspecified atom stereocenters. The van der Waals surface area contributed by atoms with Crippen molar-refractivity contribution < 1.29 is 35.1 Å². The molecule has 0 atom stereocenters. The van der Waals surface area contributed by atoms with Crippen molar-refractivity contribution in [2.45, 2.75) is 19.5 Å². The van der Waals surface area contributed by atoms with Crippen LogP contribution in [0.25, 0.3) is 0 Å². The molecule has 0 saturated carbocycles. The molecule has 0 spiro atoms. The van der Waals surface area contributed by atoms with Crippen LogP contribution in [0.5, 0.6) is 0 Å². The van der Waals surface area contributed by atoms with Crippen molar-refractivity contribution in [1.82, 2.24) is 0 Å². The molecule has 0 saturated heterocycles. The Balaban J connectivity index is 0.000000473. The predicted octanol–water partition coefficient (Wildman–Crippen LogP) is 0.787. The van der Waals surface area contributed by atoms with Gasteiger partial charge in [-0.3, -0.25) is 0 Å². The molecular weight excluding hydrogens is 416 g/mol. The van der Waals surface area contributed by atoms with E-state index in [1.807, 2.05) is 12.1 Å². The summed E-state index contributed by atoms with van der Waals surface area (Å²) in [6.45, 7) is 8.28. The molecule has 0 aliphatic carbocycles. The molecule has 0 aliphatic rings. The normalized spacial score (nSPS) is 10.6. The molecule has 2 rings (SSSR count). The highest BCUT2D eigenvalue weighted by Crippen LogP contribution is 1.84. The second kappa shape index (κ2) is 14.6. The van der Waals surface area contributed by atoms with Crippen molar-refractivity contribution in [1.29, 1.82) is 0 Å². The Labute approximate surface area is 173 Å². The van der Waals surface area contributed by atoms with Gasteiger partial charge in [-0.25, -0.2) is 26.0 Å². The minimum absolute atomic E-state index is 0.479. The van der Waals surface area contributed by atoms with Crippen molar-refractivity contribution in [3.8, 4) is 0 Å². The van der Waals surface area contributed by atoms with Gasteiger partial charge in [-0.05, 0) is 0 Å². The predicted molar refractivity (Wildman–Crippen MR) is 107 cm³/mol. The summed E-state index contributed by atoms with van der Waals surface area (Å²) in [4.78, 5) is 0. The summed E-state index contributed by atoms with van der Waals surface area (Å²) < 4.78 is 62.1. The Bertz CT molecular complexity index is 838. The summed E-state index contributed by atoms with van der Waals surface area (Å²) in [7, 11) is -8.08. The molecule has 2 aromatic rings. The van der Waals surface area contributed by atoms with Crippen LogP contribution in [-0.4, -0.2) is 37.4 Å². The third-order valence-corrected chi connectivity index (χ3v) is 4.32. The Kier molecular flexibility index (Phi) is 13.4. The number of aromatic nitrogens is 2. The third-order valence-electron chi connectivity index (χ3n) is 3.03. The van der Waals surface area contributed by atoms with Gasteiger partial charge in [0.2, 0.25) is 0 Å². The smallest absolute Gasteiger partial charge is 0.168 e. The molecule has 2 heterocycles. The summed E-state index contributed by atoms with van der Waals surface area (Å²) in [6, 6.07) is 12.3. The molecule has 2 aromatic heterocycles. The highest BCUT2D eigenvalue weighted by molar-refractivity contribution is 7.86. The fourth-order valence-electron chi connectivity index (χ4n) is 1.89. The first-order valence-corrected chi connectivity index (χ1v) is 11.7. The van der Waals surface area contributed by atoms with Gasteiger partial charge in [-0.15, -0.1) is 13.2 Å². The van der Waals surface area contributed by atoms with Crippen molar-refractivity contribution in [3.63, 3.8) is 0 Å². The third kappa shape index (κ3) is 18.7. The first-order valence-electron chi connectivity index (χ1n) is 8.54. The van der Waals surface area contributed by atoms with Gasteiger partial charge in [0.05, 0.1) is 38.2 Å². The van der Waals surface area contributed by atoms with E-state index in [0.717, 1.165) is 31.7 Å². The van der Waals surface area contributed by atoms with Crippen molar-refractivity contribution in [2.24, 2.45) is 0 Å². The number of hydrogen-bond donors (Lipinski definition) is 0. The van der Waals surface area contributed by atoms with Crippen LogP contribution in [0.2, 0.25) is 0 Å². The lowest BCUT2D eigenvalue weighted by molar-refractivity contribution is -0.726. The van der Waals surface area contributed by atoms with Crippen LogP contribution in [0, 0.1) is 0 Å². The molecule has 0 amide bonds. The van der Waals surface area contributed by atoms with E-state index in [4.69, 9.17) is 0 Å². The maximum Gasteiger partial charge on any atom is 0.168 e. The van der Waals surface area contributed by atoms with Gasteiger partial charge in [-0.2, -0.15) is 0 Å². The van der Waals surface area contributed by atoms with Crippen molar-refractivity contribution in [2.75, 3.05) is 11.5 Å². The molecule has 10 heteroatoms. The molecule has 160 valence electrons. The largest absolute Gasteiger partial charge is 0.748 e. The minimum Gasteiger partial charge on any atom is -0.748 e. The zero-order valence-corrected chi connectivity index (χ0v) is 17.7. The van der Waals surface area contributed by atoms with Gasteiger partial charge in [0.1, 0.15) is 0 Å². The molecule has 0 N–H and O–H groups in total. The SMILES string of the molecule is C=CCS(=O)(=O)[O-].C=CCS(=O)(=O)[O-].c1cc[n+](CCC[n+]2ccccc2)cc1. The van der Waals surface area contributed by atoms with E-state index in [-0.39, 0.29) is 0 Å². The molecular formula is C19H26N2O6S2. The number of aryl methyl sites for hydroxylation is 2. The quantitative estimate of drug-likeness (QED) is 0.338. The van der Waals surface area contributed by atoms with E-state index in [1.165, 1.54) is 0 Å². The van der Waals surface area contributed by atoms with Gasteiger partial charge in [0.25, 0.3) is 0 Å². The van der Waals surface area contributed by atoms with Crippen LogP contribution in [0.1, 0.15) is 6.42 Å². The van der Waals surface area contributed by atoms with Crippen molar-refractivity contribution >= 4 is 20.2 Å². The minimum atomic E-state index is -4.04. The van der Waals surface area contributed by atoms with E-state index in [1.54, 1.807) is 0 Å². The number of hydrogen-bond acceptors (Lipinski definition) is 6. The lowest BCUT2D eigenvalue weighted by atomic mass is 10.3. The van der Waals surface area contributed by atoms with E-state index in [0.29, 0.717) is 0 Å². The highest BCUT2D eigenvalue weighted by atomic mass is 32.2. The molecule has 0 radical (unpaired) electrons. The number of pyridine rings is 2. The zero-order valence-electron chi connectivity index (χ0n) is 16.0. The lowest BCUT2D eigenvalue weighted by Crippen LogP contribution is -2.38. The summed E-state index contributed by atoms with van der Waals surface area (Å²) in [5.41, 5.74) is 0. The highest BCUT2D eigenvalue weighted by Gasteiger charge is 2.02. The van der Waals surface area contributed by atoms with Gasteiger partial charge in [-0.1, -0.05) is 24.3 Å². The second-order valence-electron chi connectivity index (χ2n) is 5.61. The van der Waals surface area contributed by atoms with Gasteiger partial charge in [0.15, 0.2) is 37.9 Å². The van der Waals surface area contributed by atoms with E-state index in [9.17, 15) is 25.9 Å². The molecule has 0 bridgehead atoms. The Morgan fingerprint density at radius 2 is 0.966 bits per heavy atom. The first kappa shape index (κ1) is 26.6. The fourth-order valence-corrected chi connectivity index (χ4v) is 2.47. The average Bonchev–Trinajstić information content (AvgIpc) is 2.63. The van der Waals surface area contributed by atoms with Crippen LogP contribution in [0.3, 0.4) is 0 Å². The standard InChI is InChI=1S/C13H16N2.2C3H6O3S/c1-3-8-14(9-4-1)12-7-13-15-10-5-2-6-11-15;2*1-2-3-7(4,5)6/h1-6,8-11H,7,12-13H2;2*2H,1,3H2,(H,4,5,6)/q+2;;/p-2. The van der Waals surface area contributed by atoms with Gasteiger partial charge < -0.3 is 9.11 Å². The van der Waals surface area contributed by atoms with E-state index >= 15 is 0 Å². The summed E-state index contributed by atoms with van der Waals surface area (Å²) in [5, 5.41) is 0. The molecule has 29 heavy (non-hydrogen) atoms. The topological polar surface area (TPSA) is 122 Å². The zero-order chi connectivity index (χ0) is 22.2. The van der Waals surface area contributed by atoms with Crippen LogP contribution in [-0.2, 0) is 33.3 Å². The van der Waals surface area contributed by atoms with E-state index in [2.05, 4.69) is 71.3 Å². The Morgan fingerprint density at radius 1 is 0.655 bits per heavy atom. The second-order valence-corrected chi connectivity index (χ2v) is 8.50. The van der Waals surface area contributed by atoms with Gasteiger partial charge >= 0.3 is 0 Å². The fraction of sp³-hybridized carbons (Fsp3) is 0.263. The average molecular weight is 443 g/mol. The van der Waals surface area contributed by atoms with E-state index < -0.39 is 31.7 Å². The summed E-state index contributed by atoms with van der Waals surface area (Å²) in [6.07, 6.45) is 11.7. The van der Waals surface area contributed by atoms with Crippen LogP contribution < -0.4 is 9.13 Å². The Hall–Kier alpha value is -2.40. The molecule has 0 fully saturated rings. The van der Waals surface area contributed by atoms with Crippen molar-refractivity contribution in [3.05, 3.63) is 86.5 Å². The summed E-state index contributed by atoms with van der Waals surface area (Å²) in [5.74, 6) is -0.958. The molecule has 0 aromatic carbocycles. The first-order chi connectivity index (χ1) is 13.6. The molecule has 0 aliphatic heterocycles.